The molecule has 4 rings (SSSR count). The monoisotopic (exact) mass is 523 g/mol. The zero-order chi connectivity index (χ0) is 27.0. The van der Waals surface area contributed by atoms with Gasteiger partial charge in [-0.15, -0.1) is 0 Å². The summed E-state index contributed by atoms with van der Waals surface area (Å²) in [5.74, 6) is 0.480. The minimum Gasteiger partial charge on any atom is -0.490 e. The van der Waals surface area contributed by atoms with Gasteiger partial charge in [0, 0.05) is 23.8 Å². The molecule has 3 N–H and O–H groups in total. The summed E-state index contributed by atoms with van der Waals surface area (Å²) in [5.41, 5.74) is 7.03. The van der Waals surface area contributed by atoms with Crippen molar-refractivity contribution in [3.8, 4) is 17.0 Å². The van der Waals surface area contributed by atoms with E-state index >= 15 is 0 Å². The number of ether oxygens (including phenoxy) is 1. The van der Waals surface area contributed by atoms with Crippen molar-refractivity contribution in [3.05, 3.63) is 60.3 Å². The molecule has 196 valence electrons. The van der Waals surface area contributed by atoms with Crippen LogP contribution in [-0.4, -0.2) is 42.5 Å². The molecule has 9 nitrogen and oxygen atoms in total. The summed E-state index contributed by atoms with van der Waals surface area (Å²) in [7, 11) is -4.25. The van der Waals surface area contributed by atoms with E-state index in [9.17, 15) is 13.2 Å². The number of para-hydroxylation sites is 1. The average Bonchev–Trinajstić information content (AvgIpc) is 3.10. The fourth-order valence-electron chi connectivity index (χ4n) is 4.84. The highest BCUT2D eigenvalue weighted by Gasteiger charge is 2.39. The standard InChI is InChI=1S/C27H33N5O4S/c1-17(2)36-22-10-7-6-9-19(22)21-13-12-20(25(30-21)32-16-18(3)15-27(32,4)5)26(33)31-37(34,35)23-11-8-14-29-24(23)28/h6-14,17-18H,15-16H2,1-5H3,(H2,28,29)(H,31,33)/t18-/m0/s1. The van der Waals surface area contributed by atoms with E-state index in [0.717, 1.165) is 12.0 Å². The number of hydrogen-bond acceptors (Lipinski definition) is 8. The highest BCUT2D eigenvalue weighted by molar-refractivity contribution is 7.90. The van der Waals surface area contributed by atoms with Crippen LogP contribution in [0.25, 0.3) is 11.3 Å². The van der Waals surface area contributed by atoms with Gasteiger partial charge in [-0.3, -0.25) is 4.79 Å². The van der Waals surface area contributed by atoms with Gasteiger partial charge in [0.15, 0.2) is 0 Å². The van der Waals surface area contributed by atoms with Crippen molar-refractivity contribution in [2.45, 2.75) is 57.6 Å². The van der Waals surface area contributed by atoms with E-state index in [2.05, 4.69) is 35.4 Å². The highest BCUT2D eigenvalue weighted by atomic mass is 32.2. The third-order valence-electron chi connectivity index (χ3n) is 6.29. The molecule has 0 unspecified atom stereocenters. The number of nitrogens with one attached hydrogen (secondary N) is 1. The minimum atomic E-state index is -4.25. The van der Waals surface area contributed by atoms with E-state index in [1.165, 1.54) is 18.3 Å². The molecule has 1 atom stereocenters. The number of pyridine rings is 2. The maximum absolute atomic E-state index is 13.4. The Morgan fingerprint density at radius 3 is 2.54 bits per heavy atom. The van der Waals surface area contributed by atoms with E-state index in [1.807, 2.05) is 38.1 Å². The SMILES string of the molecule is CC(C)Oc1ccccc1-c1ccc(C(=O)NS(=O)(=O)c2cccnc2N)c(N2C[C@@H](C)CC2(C)C)n1. The molecular weight excluding hydrogens is 490 g/mol. The molecular formula is C27H33N5O4S. The maximum Gasteiger partial charge on any atom is 0.268 e. The van der Waals surface area contributed by atoms with Gasteiger partial charge >= 0.3 is 0 Å². The zero-order valence-electron chi connectivity index (χ0n) is 21.7. The van der Waals surface area contributed by atoms with E-state index in [1.54, 1.807) is 12.1 Å². The first-order chi connectivity index (χ1) is 17.4. The zero-order valence-corrected chi connectivity index (χ0v) is 22.5. The first-order valence-corrected chi connectivity index (χ1v) is 13.7. The molecule has 10 heteroatoms. The number of sulfonamides is 1. The van der Waals surface area contributed by atoms with Gasteiger partial charge in [-0.25, -0.2) is 23.1 Å². The van der Waals surface area contributed by atoms with Crippen LogP contribution in [0.3, 0.4) is 0 Å². The van der Waals surface area contributed by atoms with Crippen LogP contribution in [0.5, 0.6) is 5.75 Å². The number of anilines is 2. The molecule has 1 aromatic carbocycles. The van der Waals surface area contributed by atoms with Crippen molar-refractivity contribution in [2.24, 2.45) is 5.92 Å². The number of nitrogens with zero attached hydrogens (tertiary/aromatic N) is 3. The Kier molecular flexibility index (Phi) is 7.14. The lowest BCUT2D eigenvalue weighted by Gasteiger charge is -2.34. The number of carbonyl (C=O) groups is 1. The molecule has 0 aliphatic carbocycles. The quantitative estimate of drug-likeness (QED) is 0.470. The van der Waals surface area contributed by atoms with Crippen molar-refractivity contribution in [2.75, 3.05) is 17.2 Å². The summed E-state index contributed by atoms with van der Waals surface area (Å²) >= 11 is 0. The molecule has 1 aliphatic heterocycles. The van der Waals surface area contributed by atoms with Crippen molar-refractivity contribution in [3.63, 3.8) is 0 Å². The van der Waals surface area contributed by atoms with Crippen LogP contribution >= 0.6 is 0 Å². The first-order valence-electron chi connectivity index (χ1n) is 12.2. The second-order valence-electron chi connectivity index (χ2n) is 10.3. The normalized spacial score (nSPS) is 17.1. The molecule has 1 fully saturated rings. The molecule has 1 amide bonds. The second kappa shape index (κ2) is 10.0. The van der Waals surface area contributed by atoms with E-state index in [-0.39, 0.29) is 27.9 Å². The molecule has 1 saturated heterocycles. The number of benzene rings is 1. The Balaban J connectivity index is 1.80. The lowest BCUT2D eigenvalue weighted by molar-refractivity contribution is 0.0981. The number of nitrogen functional groups attached to an aromatic ring is 1. The van der Waals surface area contributed by atoms with Gasteiger partial charge in [0.25, 0.3) is 15.9 Å². The first kappa shape index (κ1) is 26.4. The fraction of sp³-hybridized carbons (Fsp3) is 0.370. The second-order valence-corrected chi connectivity index (χ2v) is 11.9. The predicted molar refractivity (Wildman–Crippen MR) is 144 cm³/mol. The average molecular weight is 524 g/mol. The predicted octanol–water partition coefficient (Wildman–Crippen LogP) is 4.26. The molecule has 3 aromatic rings. The maximum atomic E-state index is 13.4. The van der Waals surface area contributed by atoms with E-state index in [4.69, 9.17) is 15.5 Å². The third kappa shape index (κ3) is 5.53. The molecule has 2 aromatic heterocycles. The minimum absolute atomic E-state index is 0.0332. The van der Waals surface area contributed by atoms with Crippen LogP contribution in [0.15, 0.2) is 59.6 Å². The van der Waals surface area contributed by atoms with Gasteiger partial charge in [0.1, 0.15) is 22.3 Å². The van der Waals surface area contributed by atoms with Crippen molar-refractivity contribution < 1.29 is 17.9 Å². The number of aromatic nitrogens is 2. The lowest BCUT2D eigenvalue weighted by Crippen LogP contribution is -2.41. The number of amides is 1. The van der Waals surface area contributed by atoms with E-state index in [0.29, 0.717) is 29.7 Å². The molecule has 0 spiro atoms. The van der Waals surface area contributed by atoms with Crippen LogP contribution in [0.1, 0.15) is 51.4 Å². The largest absolute Gasteiger partial charge is 0.490 e. The summed E-state index contributed by atoms with van der Waals surface area (Å²) in [5, 5.41) is 0. The Hall–Kier alpha value is -3.66. The summed E-state index contributed by atoms with van der Waals surface area (Å²) < 4.78 is 34.1. The third-order valence-corrected chi connectivity index (χ3v) is 7.67. The Morgan fingerprint density at radius 1 is 1.16 bits per heavy atom. The smallest absolute Gasteiger partial charge is 0.268 e. The Morgan fingerprint density at radius 2 is 1.89 bits per heavy atom. The molecule has 37 heavy (non-hydrogen) atoms. The molecule has 0 bridgehead atoms. The van der Waals surface area contributed by atoms with Gasteiger partial charge < -0.3 is 15.4 Å². The Labute approximate surface area is 218 Å². The molecule has 0 saturated carbocycles. The molecule has 0 radical (unpaired) electrons. The van der Waals surface area contributed by atoms with Crippen molar-refractivity contribution in [1.82, 2.24) is 14.7 Å². The van der Waals surface area contributed by atoms with Crippen molar-refractivity contribution >= 4 is 27.6 Å². The topological polar surface area (TPSA) is 128 Å². The number of nitrogens with two attached hydrogens (primary N) is 1. The number of carbonyl (C=O) groups excluding carboxylic acids is 1. The fourth-order valence-corrected chi connectivity index (χ4v) is 5.89. The van der Waals surface area contributed by atoms with Gasteiger partial charge in [-0.1, -0.05) is 19.1 Å². The van der Waals surface area contributed by atoms with E-state index < -0.39 is 15.9 Å². The van der Waals surface area contributed by atoms with Gasteiger partial charge in [-0.2, -0.15) is 0 Å². The molecule has 3 heterocycles. The van der Waals surface area contributed by atoms with Crippen LogP contribution in [0.4, 0.5) is 11.6 Å². The summed E-state index contributed by atoms with van der Waals surface area (Å²) in [4.78, 5) is 24.0. The highest BCUT2D eigenvalue weighted by Crippen LogP contribution is 2.39. The summed E-state index contributed by atoms with van der Waals surface area (Å²) in [6, 6.07) is 13.7. The van der Waals surface area contributed by atoms with Crippen LogP contribution < -0.4 is 20.1 Å². The van der Waals surface area contributed by atoms with Crippen molar-refractivity contribution in [1.29, 1.82) is 0 Å². The van der Waals surface area contributed by atoms with Crippen LogP contribution in [0.2, 0.25) is 0 Å². The van der Waals surface area contributed by atoms with Gasteiger partial charge in [0.05, 0.1) is 17.4 Å². The summed E-state index contributed by atoms with van der Waals surface area (Å²) in [6.07, 6.45) is 2.25. The van der Waals surface area contributed by atoms with Crippen LogP contribution in [0, 0.1) is 5.92 Å². The number of rotatable bonds is 7. The summed E-state index contributed by atoms with van der Waals surface area (Å²) in [6.45, 7) is 10.9. The number of hydrogen-bond donors (Lipinski definition) is 2. The molecule has 1 aliphatic rings. The lowest BCUT2D eigenvalue weighted by atomic mass is 9.97. The van der Waals surface area contributed by atoms with Crippen LogP contribution in [-0.2, 0) is 10.0 Å². The Bertz CT molecular complexity index is 1420. The van der Waals surface area contributed by atoms with Gasteiger partial charge in [0.2, 0.25) is 0 Å². The van der Waals surface area contributed by atoms with Gasteiger partial charge in [-0.05, 0) is 76.4 Å².